The monoisotopic (exact) mass is 313 g/mol. The minimum Gasteiger partial charge on any atom is -0.398 e. The summed E-state index contributed by atoms with van der Waals surface area (Å²) in [5.41, 5.74) is 6.70. The van der Waals surface area contributed by atoms with Gasteiger partial charge in [-0.3, -0.25) is 4.79 Å². The van der Waals surface area contributed by atoms with Crippen LogP contribution in [0.3, 0.4) is 0 Å². The van der Waals surface area contributed by atoms with Crippen LogP contribution in [-0.2, 0) is 4.74 Å². The van der Waals surface area contributed by atoms with Crippen LogP contribution < -0.4 is 5.73 Å². The molecule has 5 nitrogen and oxygen atoms in total. The molecule has 1 amide bonds. The third kappa shape index (κ3) is 5.91. The number of hydrogen-bond acceptors (Lipinski definition) is 4. The van der Waals surface area contributed by atoms with Crippen LogP contribution in [0.2, 0.25) is 5.02 Å². The van der Waals surface area contributed by atoms with E-state index in [2.05, 4.69) is 4.90 Å². The Labute approximate surface area is 131 Å². The zero-order valence-electron chi connectivity index (χ0n) is 12.9. The number of nitrogen functional groups attached to an aromatic ring is 1. The fraction of sp³-hybridized carbons (Fsp3) is 0.533. The first-order valence-electron chi connectivity index (χ1n) is 6.93. The van der Waals surface area contributed by atoms with Gasteiger partial charge in [0, 0.05) is 25.8 Å². The van der Waals surface area contributed by atoms with Gasteiger partial charge >= 0.3 is 0 Å². The molecule has 0 radical (unpaired) electrons. The van der Waals surface area contributed by atoms with E-state index in [1.807, 2.05) is 14.1 Å². The van der Waals surface area contributed by atoms with E-state index in [4.69, 9.17) is 22.1 Å². The number of rotatable bonds is 8. The molecule has 0 saturated heterocycles. The molecule has 1 aromatic rings. The Kier molecular flexibility index (Phi) is 7.50. The first-order valence-corrected chi connectivity index (χ1v) is 7.31. The predicted molar refractivity (Wildman–Crippen MR) is 86.8 cm³/mol. The molecule has 0 bridgehead atoms. The van der Waals surface area contributed by atoms with Crippen LogP contribution >= 0.6 is 11.6 Å². The van der Waals surface area contributed by atoms with E-state index >= 15 is 0 Å². The second-order valence-electron chi connectivity index (χ2n) is 5.18. The molecule has 118 valence electrons. The molecule has 1 aromatic carbocycles. The van der Waals surface area contributed by atoms with Gasteiger partial charge in [0.1, 0.15) is 0 Å². The summed E-state index contributed by atoms with van der Waals surface area (Å²) in [5, 5.41) is 0.404. The third-order valence-corrected chi connectivity index (χ3v) is 3.46. The molecule has 21 heavy (non-hydrogen) atoms. The van der Waals surface area contributed by atoms with Gasteiger partial charge in [-0.25, -0.2) is 0 Å². The zero-order valence-corrected chi connectivity index (χ0v) is 13.7. The normalized spacial score (nSPS) is 10.9. The quantitative estimate of drug-likeness (QED) is 0.745. The smallest absolute Gasteiger partial charge is 0.253 e. The van der Waals surface area contributed by atoms with Gasteiger partial charge < -0.3 is 20.3 Å². The molecule has 0 atom stereocenters. The Balaban J connectivity index is 2.75. The second-order valence-corrected chi connectivity index (χ2v) is 5.59. The molecule has 2 N–H and O–H groups in total. The van der Waals surface area contributed by atoms with Gasteiger partial charge in [0.05, 0.1) is 17.3 Å². The lowest BCUT2D eigenvalue weighted by atomic mass is 10.1. The lowest BCUT2D eigenvalue weighted by Crippen LogP contribution is -2.36. The molecular formula is C15H24ClN3O2. The number of anilines is 1. The van der Waals surface area contributed by atoms with Crippen LogP contribution in [0.25, 0.3) is 0 Å². The number of carbonyl (C=O) groups excluding carboxylic acids is 1. The van der Waals surface area contributed by atoms with Crippen molar-refractivity contribution in [3.05, 3.63) is 28.8 Å². The highest BCUT2D eigenvalue weighted by atomic mass is 35.5. The van der Waals surface area contributed by atoms with E-state index in [0.717, 1.165) is 13.0 Å². The molecule has 1 rings (SSSR count). The van der Waals surface area contributed by atoms with Crippen LogP contribution in [0.15, 0.2) is 18.2 Å². The standard InChI is InChI=1S/C15H24ClN3O2/c1-18(2)7-4-8-19(9-10-21-3)15(20)12-5-6-14(17)13(16)11-12/h5-6,11H,4,7-10,17H2,1-3H3. The topological polar surface area (TPSA) is 58.8 Å². The molecule has 0 aliphatic rings. The van der Waals surface area contributed by atoms with Crippen molar-refractivity contribution in [1.29, 1.82) is 0 Å². The van der Waals surface area contributed by atoms with Crippen LogP contribution in [0.4, 0.5) is 5.69 Å². The molecule has 0 spiro atoms. The number of benzene rings is 1. The fourth-order valence-corrected chi connectivity index (χ4v) is 2.12. The molecule has 0 saturated carbocycles. The highest BCUT2D eigenvalue weighted by molar-refractivity contribution is 6.33. The maximum Gasteiger partial charge on any atom is 0.253 e. The van der Waals surface area contributed by atoms with Crippen molar-refractivity contribution in [2.45, 2.75) is 6.42 Å². The Morgan fingerprint density at radius 2 is 2.00 bits per heavy atom. The lowest BCUT2D eigenvalue weighted by Gasteiger charge is -2.23. The number of methoxy groups -OCH3 is 1. The molecule has 0 aliphatic heterocycles. The van der Waals surface area contributed by atoms with E-state index in [9.17, 15) is 4.79 Å². The molecule has 0 aliphatic carbocycles. The minimum absolute atomic E-state index is 0.0484. The van der Waals surface area contributed by atoms with Crippen molar-refractivity contribution in [3.8, 4) is 0 Å². The molecule has 0 aromatic heterocycles. The molecular weight excluding hydrogens is 290 g/mol. The van der Waals surface area contributed by atoms with Gasteiger partial charge in [-0.1, -0.05) is 11.6 Å². The highest BCUT2D eigenvalue weighted by Crippen LogP contribution is 2.20. The van der Waals surface area contributed by atoms with Gasteiger partial charge in [0.15, 0.2) is 0 Å². The van der Waals surface area contributed by atoms with E-state index in [1.54, 1.807) is 30.2 Å². The summed E-state index contributed by atoms with van der Waals surface area (Å²) in [7, 11) is 5.66. The number of hydrogen-bond donors (Lipinski definition) is 1. The minimum atomic E-state index is -0.0484. The predicted octanol–water partition coefficient (Wildman–Crippen LogP) is 1.96. The summed E-state index contributed by atoms with van der Waals surface area (Å²) < 4.78 is 5.08. The maximum absolute atomic E-state index is 12.5. The summed E-state index contributed by atoms with van der Waals surface area (Å²) >= 11 is 5.99. The van der Waals surface area contributed by atoms with E-state index in [1.165, 1.54) is 0 Å². The van der Waals surface area contributed by atoms with Gasteiger partial charge in [-0.2, -0.15) is 0 Å². The van der Waals surface area contributed by atoms with Crippen molar-refractivity contribution < 1.29 is 9.53 Å². The maximum atomic E-state index is 12.5. The first kappa shape index (κ1) is 17.8. The summed E-state index contributed by atoms with van der Waals surface area (Å²) in [5.74, 6) is -0.0484. The van der Waals surface area contributed by atoms with Crippen LogP contribution in [0.5, 0.6) is 0 Å². The van der Waals surface area contributed by atoms with E-state index < -0.39 is 0 Å². The number of nitrogens with zero attached hydrogens (tertiary/aromatic N) is 2. The Morgan fingerprint density at radius 1 is 1.29 bits per heavy atom. The number of carbonyl (C=O) groups is 1. The van der Waals surface area contributed by atoms with Crippen molar-refractivity contribution in [2.75, 3.05) is 53.2 Å². The first-order chi connectivity index (χ1) is 9.95. The third-order valence-electron chi connectivity index (χ3n) is 3.13. The number of nitrogens with two attached hydrogens (primary N) is 1. The number of halogens is 1. The SMILES string of the molecule is COCCN(CCCN(C)C)C(=O)c1ccc(N)c(Cl)c1. The average Bonchev–Trinajstić information content (AvgIpc) is 2.44. The van der Waals surface area contributed by atoms with Crippen molar-refractivity contribution in [3.63, 3.8) is 0 Å². The second kappa shape index (κ2) is 8.87. The summed E-state index contributed by atoms with van der Waals surface area (Å²) in [6, 6.07) is 4.98. The highest BCUT2D eigenvalue weighted by Gasteiger charge is 2.16. The van der Waals surface area contributed by atoms with Crippen LogP contribution in [0, 0.1) is 0 Å². The van der Waals surface area contributed by atoms with Gasteiger partial charge in [0.25, 0.3) is 5.91 Å². The van der Waals surface area contributed by atoms with E-state index in [-0.39, 0.29) is 5.91 Å². The summed E-state index contributed by atoms with van der Waals surface area (Å²) in [4.78, 5) is 16.4. The molecule has 0 fully saturated rings. The largest absolute Gasteiger partial charge is 0.398 e. The number of ether oxygens (including phenoxy) is 1. The van der Waals surface area contributed by atoms with E-state index in [0.29, 0.717) is 36.0 Å². The lowest BCUT2D eigenvalue weighted by molar-refractivity contribution is 0.0689. The Hall–Kier alpha value is -1.30. The Bertz CT molecular complexity index is 466. The fourth-order valence-electron chi connectivity index (χ4n) is 1.94. The van der Waals surface area contributed by atoms with Gasteiger partial charge in [-0.05, 0) is 45.3 Å². The number of amides is 1. The molecule has 0 unspecified atom stereocenters. The Morgan fingerprint density at radius 3 is 2.57 bits per heavy atom. The molecule has 6 heteroatoms. The van der Waals surface area contributed by atoms with Crippen molar-refractivity contribution >= 4 is 23.2 Å². The van der Waals surface area contributed by atoms with Crippen molar-refractivity contribution in [2.24, 2.45) is 0 Å². The van der Waals surface area contributed by atoms with Gasteiger partial charge in [-0.15, -0.1) is 0 Å². The van der Waals surface area contributed by atoms with Gasteiger partial charge in [0.2, 0.25) is 0 Å². The summed E-state index contributed by atoms with van der Waals surface area (Å²) in [6.45, 7) is 2.68. The summed E-state index contributed by atoms with van der Waals surface area (Å²) in [6.07, 6.45) is 0.908. The van der Waals surface area contributed by atoms with Crippen LogP contribution in [-0.4, -0.2) is 63.2 Å². The molecule has 0 heterocycles. The average molecular weight is 314 g/mol. The zero-order chi connectivity index (χ0) is 15.8. The van der Waals surface area contributed by atoms with Crippen LogP contribution in [0.1, 0.15) is 16.8 Å². The van der Waals surface area contributed by atoms with Crippen molar-refractivity contribution in [1.82, 2.24) is 9.80 Å².